The Balaban J connectivity index is 1.72. The summed E-state index contributed by atoms with van der Waals surface area (Å²) in [5.41, 5.74) is 0.613. The monoisotopic (exact) mass is 243 g/mol. The highest BCUT2D eigenvalue weighted by Crippen LogP contribution is 2.30. The summed E-state index contributed by atoms with van der Waals surface area (Å²) in [6.07, 6.45) is 8.40. The normalized spacial score (nSPS) is 23.3. The molecule has 18 heavy (non-hydrogen) atoms. The lowest BCUT2D eigenvalue weighted by Crippen LogP contribution is -2.16. The molecule has 1 aliphatic rings. The lowest BCUT2D eigenvalue weighted by atomic mass is 9.81. The third-order valence-electron chi connectivity index (χ3n) is 3.80. The maximum absolute atomic E-state index is 8.69. The molecular formula is C15H21N3. The van der Waals surface area contributed by atoms with Gasteiger partial charge < -0.3 is 5.32 Å². The van der Waals surface area contributed by atoms with Crippen LogP contribution in [0.4, 0.5) is 5.82 Å². The van der Waals surface area contributed by atoms with Gasteiger partial charge in [0.15, 0.2) is 0 Å². The molecule has 0 amide bonds. The van der Waals surface area contributed by atoms with Gasteiger partial charge in [0.25, 0.3) is 0 Å². The summed E-state index contributed by atoms with van der Waals surface area (Å²) < 4.78 is 0. The van der Waals surface area contributed by atoms with Gasteiger partial charge in [-0.15, -0.1) is 0 Å². The first-order valence-corrected chi connectivity index (χ1v) is 6.88. The molecule has 1 saturated carbocycles. The van der Waals surface area contributed by atoms with E-state index in [1.807, 2.05) is 6.07 Å². The molecule has 0 saturated heterocycles. The Labute approximate surface area is 109 Å². The standard InChI is InChI=1S/C15H21N3/c1-12-3-2-4-13(9-12)7-8-17-15-6-5-14(10-16)11-18-15/h5-6,11-13H,2-4,7-9H2,1H3,(H,17,18). The molecule has 1 heterocycles. The molecule has 1 aromatic rings. The number of nitrogens with one attached hydrogen (secondary N) is 1. The minimum absolute atomic E-state index is 0.613. The van der Waals surface area contributed by atoms with E-state index >= 15 is 0 Å². The van der Waals surface area contributed by atoms with Crippen molar-refractivity contribution in [2.24, 2.45) is 11.8 Å². The summed E-state index contributed by atoms with van der Waals surface area (Å²) in [6, 6.07) is 5.76. The van der Waals surface area contributed by atoms with Crippen LogP contribution in [0.15, 0.2) is 18.3 Å². The van der Waals surface area contributed by atoms with Crippen molar-refractivity contribution in [3.63, 3.8) is 0 Å². The first-order valence-electron chi connectivity index (χ1n) is 6.88. The summed E-state index contributed by atoms with van der Waals surface area (Å²) in [4.78, 5) is 4.21. The molecule has 3 heteroatoms. The fourth-order valence-electron chi connectivity index (χ4n) is 2.79. The largest absolute Gasteiger partial charge is 0.370 e. The van der Waals surface area contributed by atoms with Crippen LogP contribution in [0.1, 0.15) is 44.6 Å². The zero-order chi connectivity index (χ0) is 12.8. The fourth-order valence-corrected chi connectivity index (χ4v) is 2.79. The van der Waals surface area contributed by atoms with Crippen LogP contribution in [0.2, 0.25) is 0 Å². The highest BCUT2D eigenvalue weighted by atomic mass is 15.0. The third kappa shape index (κ3) is 3.73. The van der Waals surface area contributed by atoms with Crippen LogP contribution in [0.3, 0.4) is 0 Å². The molecule has 2 unspecified atom stereocenters. The van der Waals surface area contributed by atoms with Crippen LogP contribution in [0.5, 0.6) is 0 Å². The van der Waals surface area contributed by atoms with Crippen LogP contribution in [0.25, 0.3) is 0 Å². The third-order valence-corrected chi connectivity index (χ3v) is 3.80. The number of nitriles is 1. The Morgan fingerprint density at radius 2 is 2.33 bits per heavy atom. The van der Waals surface area contributed by atoms with Crippen molar-refractivity contribution in [3.05, 3.63) is 23.9 Å². The van der Waals surface area contributed by atoms with Gasteiger partial charge in [-0.2, -0.15) is 5.26 Å². The second kappa shape index (κ2) is 6.39. The van der Waals surface area contributed by atoms with Crippen LogP contribution < -0.4 is 5.32 Å². The summed E-state index contributed by atoms with van der Waals surface area (Å²) in [6.45, 7) is 3.35. The van der Waals surface area contributed by atoms with E-state index in [0.717, 1.165) is 24.2 Å². The van der Waals surface area contributed by atoms with Gasteiger partial charge in [-0.25, -0.2) is 4.98 Å². The lowest BCUT2D eigenvalue weighted by molar-refractivity contribution is 0.274. The highest BCUT2D eigenvalue weighted by Gasteiger charge is 2.18. The van der Waals surface area contributed by atoms with Crippen molar-refractivity contribution in [1.29, 1.82) is 5.26 Å². The fraction of sp³-hybridized carbons (Fsp3) is 0.600. The molecule has 2 rings (SSSR count). The Morgan fingerprint density at radius 1 is 1.44 bits per heavy atom. The van der Waals surface area contributed by atoms with E-state index in [-0.39, 0.29) is 0 Å². The van der Waals surface area contributed by atoms with Crippen molar-refractivity contribution in [3.8, 4) is 6.07 Å². The minimum Gasteiger partial charge on any atom is -0.370 e. The Morgan fingerprint density at radius 3 is 3.00 bits per heavy atom. The van der Waals surface area contributed by atoms with Gasteiger partial charge in [-0.05, 0) is 36.8 Å². The predicted molar refractivity (Wildman–Crippen MR) is 73.2 cm³/mol. The number of hydrogen-bond donors (Lipinski definition) is 1. The molecule has 0 radical (unpaired) electrons. The molecular weight excluding hydrogens is 222 g/mol. The summed E-state index contributed by atoms with van der Waals surface area (Å²) in [5, 5.41) is 12.0. The van der Waals surface area contributed by atoms with Crippen LogP contribution >= 0.6 is 0 Å². The topological polar surface area (TPSA) is 48.7 Å². The Bertz CT molecular complexity index is 405. The molecule has 1 fully saturated rings. The molecule has 0 bridgehead atoms. The van der Waals surface area contributed by atoms with E-state index in [9.17, 15) is 0 Å². The van der Waals surface area contributed by atoms with Crippen molar-refractivity contribution in [2.75, 3.05) is 11.9 Å². The molecule has 1 aromatic heterocycles. The van der Waals surface area contributed by atoms with Crippen LogP contribution in [-0.2, 0) is 0 Å². The minimum atomic E-state index is 0.613. The summed E-state index contributed by atoms with van der Waals surface area (Å²) in [7, 11) is 0. The molecule has 0 spiro atoms. The van der Waals surface area contributed by atoms with E-state index in [0.29, 0.717) is 5.56 Å². The highest BCUT2D eigenvalue weighted by molar-refractivity contribution is 5.38. The number of pyridine rings is 1. The molecule has 0 aromatic carbocycles. The second-order valence-electron chi connectivity index (χ2n) is 5.40. The zero-order valence-corrected chi connectivity index (χ0v) is 11.0. The number of hydrogen-bond acceptors (Lipinski definition) is 3. The van der Waals surface area contributed by atoms with Crippen LogP contribution in [0, 0.1) is 23.2 Å². The van der Waals surface area contributed by atoms with Crippen molar-refractivity contribution in [2.45, 2.75) is 39.0 Å². The van der Waals surface area contributed by atoms with Crippen LogP contribution in [-0.4, -0.2) is 11.5 Å². The molecule has 3 nitrogen and oxygen atoms in total. The Kier molecular flexibility index (Phi) is 4.58. The number of nitrogens with zero attached hydrogens (tertiary/aromatic N) is 2. The molecule has 1 aliphatic carbocycles. The van der Waals surface area contributed by atoms with Gasteiger partial charge >= 0.3 is 0 Å². The van der Waals surface area contributed by atoms with Gasteiger partial charge in [0.2, 0.25) is 0 Å². The average molecular weight is 243 g/mol. The van der Waals surface area contributed by atoms with Gasteiger partial charge in [0.1, 0.15) is 11.9 Å². The van der Waals surface area contributed by atoms with E-state index in [4.69, 9.17) is 5.26 Å². The van der Waals surface area contributed by atoms with E-state index in [2.05, 4.69) is 23.3 Å². The molecule has 2 atom stereocenters. The summed E-state index contributed by atoms with van der Waals surface area (Å²) in [5.74, 6) is 2.65. The Hall–Kier alpha value is -1.56. The van der Waals surface area contributed by atoms with Gasteiger partial charge in [-0.1, -0.05) is 26.2 Å². The average Bonchev–Trinajstić information content (AvgIpc) is 2.40. The predicted octanol–water partition coefficient (Wildman–Crippen LogP) is 3.58. The van der Waals surface area contributed by atoms with Gasteiger partial charge in [0.05, 0.1) is 5.56 Å². The molecule has 0 aliphatic heterocycles. The molecule has 1 N–H and O–H groups in total. The maximum Gasteiger partial charge on any atom is 0.125 e. The van der Waals surface area contributed by atoms with Gasteiger partial charge in [0, 0.05) is 12.7 Å². The SMILES string of the molecule is CC1CCCC(CCNc2ccc(C#N)cn2)C1. The number of aromatic nitrogens is 1. The first kappa shape index (κ1) is 12.9. The zero-order valence-electron chi connectivity index (χ0n) is 11.0. The number of rotatable bonds is 4. The van der Waals surface area contributed by atoms with Crippen molar-refractivity contribution in [1.82, 2.24) is 4.98 Å². The van der Waals surface area contributed by atoms with E-state index in [1.165, 1.54) is 32.1 Å². The number of anilines is 1. The van der Waals surface area contributed by atoms with E-state index in [1.54, 1.807) is 12.3 Å². The van der Waals surface area contributed by atoms with Gasteiger partial charge in [-0.3, -0.25) is 0 Å². The quantitative estimate of drug-likeness (QED) is 0.879. The van der Waals surface area contributed by atoms with E-state index < -0.39 is 0 Å². The smallest absolute Gasteiger partial charge is 0.125 e. The first-order chi connectivity index (χ1) is 8.78. The summed E-state index contributed by atoms with van der Waals surface area (Å²) >= 11 is 0. The second-order valence-corrected chi connectivity index (χ2v) is 5.40. The van der Waals surface area contributed by atoms with Crippen molar-refractivity contribution < 1.29 is 0 Å². The lowest BCUT2D eigenvalue weighted by Gasteiger charge is -2.26. The maximum atomic E-state index is 8.69. The van der Waals surface area contributed by atoms with Crippen molar-refractivity contribution >= 4 is 5.82 Å². The molecule has 96 valence electrons.